The molecular weight excluding hydrogens is 364 g/mol. The fourth-order valence-electron chi connectivity index (χ4n) is 2.93. The second-order valence-corrected chi connectivity index (χ2v) is 6.17. The Balaban J connectivity index is 2.11. The maximum atomic E-state index is 12.2. The molecule has 0 aliphatic carbocycles. The van der Waals surface area contributed by atoms with Crippen LogP contribution in [-0.4, -0.2) is 70.0 Å². The van der Waals surface area contributed by atoms with Gasteiger partial charge >= 0.3 is 0 Å². The average Bonchev–Trinajstić information content (AvgIpc) is 2.63. The first kappa shape index (κ1) is 19.4. The Labute approximate surface area is 152 Å². The molecule has 1 saturated heterocycles. The monoisotopic (exact) mass is 384 g/mol. The normalized spacial score (nSPS) is 28.3. The summed E-state index contributed by atoms with van der Waals surface area (Å²) < 4.78 is 21.6. The van der Waals surface area contributed by atoms with Crippen LogP contribution in [0, 0.1) is 6.92 Å². The molecule has 0 unspecified atom stereocenters. The van der Waals surface area contributed by atoms with Crippen LogP contribution in [0.15, 0.2) is 21.3 Å². The Kier molecular flexibility index (Phi) is 5.27. The molecule has 5 N–H and O–H groups in total. The van der Waals surface area contributed by atoms with Gasteiger partial charge in [0.15, 0.2) is 16.8 Å². The number of fused-ring (bicyclic) bond motifs is 1. The van der Waals surface area contributed by atoms with Crippen molar-refractivity contribution < 1.29 is 44.2 Å². The fourth-order valence-corrected chi connectivity index (χ4v) is 2.93. The van der Waals surface area contributed by atoms with Crippen LogP contribution in [0.1, 0.15) is 5.76 Å². The fraction of sp³-hybridized carbons (Fsp3) is 0.471. The Morgan fingerprint density at radius 2 is 1.85 bits per heavy atom. The van der Waals surface area contributed by atoms with Gasteiger partial charge in [-0.25, -0.2) is 0 Å². The van der Waals surface area contributed by atoms with Crippen molar-refractivity contribution in [3.05, 3.63) is 28.1 Å². The van der Waals surface area contributed by atoms with Gasteiger partial charge in [0.2, 0.25) is 12.0 Å². The lowest BCUT2D eigenvalue weighted by atomic mass is 9.99. The molecule has 148 valence electrons. The highest BCUT2D eigenvalue weighted by atomic mass is 16.7. The van der Waals surface area contributed by atoms with Gasteiger partial charge in [0, 0.05) is 12.1 Å². The van der Waals surface area contributed by atoms with Crippen molar-refractivity contribution in [1.82, 2.24) is 0 Å². The standard InChI is InChI=1S/C17H20O10/c1-6-3-7(19)11-8(20)4-9(24-2)15(16(11)25-6)27-17-14(23)13(22)12(21)10(5-18)26-17/h3-4,10,12-14,17-18,20-23H,5H2,1-2H3/t10-,12-,13+,14-,17+/m1/s1. The molecule has 1 aromatic heterocycles. The second-order valence-electron chi connectivity index (χ2n) is 6.17. The highest BCUT2D eigenvalue weighted by molar-refractivity contribution is 5.90. The maximum Gasteiger partial charge on any atom is 0.229 e. The average molecular weight is 384 g/mol. The van der Waals surface area contributed by atoms with Crippen LogP contribution in [0.25, 0.3) is 11.0 Å². The Bertz CT molecular complexity index is 889. The molecule has 1 aromatic carbocycles. The minimum absolute atomic E-state index is 0.0225. The summed E-state index contributed by atoms with van der Waals surface area (Å²) in [5.41, 5.74) is -0.665. The molecule has 1 fully saturated rings. The summed E-state index contributed by atoms with van der Waals surface area (Å²) in [7, 11) is 1.29. The third kappa shape index (κ3) is 3.33. The molecular formula is C17H20O10. The number of aromatic hydroxyl groups is 1. The van der Waals surface area contributed by atoms with E-state index >= 15 is 0 Å². The van der Waals surface area contributed by atoms with Crippen molar-refractivity contribution >= 4 is 11.0 Å². The van der Waals surface area contributed by atoms with Gasteiger partial charge in [-0.2, -0.15) is 0 Å². The summed E-state index contributed by atoms with van der Waals surface area (Å²) in [6.45, 7) is 0.890. The number of phenolic OH excluding ortho intramolecular Hbond substituents is 1. The van der Waals surface area contributed by atoms with Crippen molar-refractivity contribution in [1.29, 1.82) is 0 Å². The van der Waals surface area contributed by atoms with Crippen LogP contribution in [0.2, 0.25) is 0 Å². The van der Waals surface area contributed by atoms with Gasteiger partial charge in [-0.1, -0.05) is 0 Å². The van der Waals surface area contributed by atoms with E-state index in [-0.39, 0.29) is 28.2 Å². The predicted octanol–water partition coefficient (Wildman–Crippen LogP) is -1.01. The zero-order valence-electron chi connectivity index (χ0n) is 14.5. The third-order valence-electron chi connectivity index (χ3n) is 4.33. The van der Waals surface area contributed by atoms with Gasteiger partial charge in [-0.15, -0.1) is 0 Å². The van der Waals surface area contributed by atoms with Crippen LogP contribution >= 0.6 is 0 Å². The zero-order chi connectivity index (χ0) is 19.9. The molecule has 0 spiro atoms. The number of aliphatic hydroxyl groups is 4. The van der Waals surface area contributed by atoms with E-state index < -0.39 is 48.5 Å². The highest BCUT2D eigenvalue weighted by Crippen LogP contribution is 2.41. The van der Waals surface area contributed by atoms with E-state index in [1.807, 2.05) is 0 Å². The van der Waals surface area contributed by atoms with Gasteiger partial charge in [-0.05, 0) is 6.92 Å². The summed E-state index contributed by atoms with van der Waals surface area (Å²) in [6.07, 6.45) is -7.58. The Hall–Kier alpha value is -2.37. The van der Waals surface area contributed by atoms with Crippen LogP contribution in [-0.2, 0) is 4.74 Å². The Morgan fingerprint density at radius 3 is 2.48 bits per heavy atom. The largest absolute Gasteiger partial charge is 0.507 e. The van der Waals surface area contributed by atoms with Crippen LogP contribution in [0.4, 0.5) is 0 Å². The van der Waals surface area contributed by atoms with Gasteiger partial charge in [-0.3, -0.25) is 4.79 Å². The van der Waals surface area contributed by atoms with E-state index in [0.717, 1.165) is 6.07 Å². The van der Waals surface area contributed by atoms with E-state index in [0.29, 0.717) is 0 Å². The molecule has 2 aromatic rings. The summed E-state index contributed by atoms with van der Waals surface area (Å²) in [4.78, 5) is 12.2. The number of hydrogen-bond acceptors (Lipinski definition) is 10. The molecule has 0 saturated carbocycles. The number of methoxy groups -OCH3 is 1. The lowest BCUT2D eigenvalue weighted by Gasteiger charge is -2.39. The molecule has 27 heavy (non-hydrogen) atoms. The maximum absolute atomic E-state index is 12.2. The smallest absolute Gasteiger partial charge is 0.229 e. The number of rotatable bonds is 4. The van der Waals surface area contributed by atoms with Gasteiger partial charge in [0.25, 0.3) is 0 Å². The minimum atomic E-state index is -1.67. The second kappa shape index (κ2) is 7.33. The molecule has 10 heteroatoms. The number of aliphatic hydroxyl groups excluding tert-OH is 4. The van der Waals surface area contributed by atoms with E-state index in [9.17, 15) is 30.3 Å². The molecule has 0 amide bonds. The number of hydrogen-bond donors (Lipinski definition) is 5. The van der Waals surface area contributed by atoms with Crippen LogP contribution in [0.3, 0.4) is 0 Å². The van der Waals surface area contributed by atoms with Crippen molar-refractivity contribution in [2.45, 2.75) is 37.6 Å². The predicted molar refractivity (Wildman–Crippen MR) is 89.8 cm³/mol. The molecule has 0 radical (unpaired) electrons. The SMILES string of the molecule is COc1cc(O)c2c(=O)cc(C)oc2c1O[C@@H]1O[C@H](CO)[C@@H](O)[C@H](O)[C@H]1O. The summed E-state index contributed by atoms with van der Waals surface area (Å²) in [5, 5.41) is 49.1. The molecule has 1 aliphatic heterocycles. The number of phenols is 1. The molecule has 10 nitrogen and oxygen atoms in total. The number of aryl methyl sites for hydroxylation is 1. The summed E-state index contributed by atoms with van der Waals surface area (Å²) >= 11 is 0. The summed E-state index contributed by atoms with van der Waals surface area (Å²) in [5.74, 6) is -0.336. The molecule has 1 aliphatic rings. The number of ether oxygens (including phenoxy) is 3. The van der Waals surface area contributed by atoms with E-state index in [1.54, 1.807) is 0 Å². The number of benzene rings is 1. The van der Waals surface area contributed by atoms with E-state index in [4.69, 9.17) is 18.6 Å². The Morgan fingerprint density at radius 1 is 1.15 bits per heavy atom. The van der Waals surface area contributed by atoms with Gasteiger partial charge in [0.1, 0.15) is 41.3 Å². The van der Waals surface area contributed by atoms with Crippen LogP contribution < -0.4 is 14.9 Å². The first-order chi connectivity index (χ1) is 12.8. The topological polar surface area (TPSA) is 159 Å². The molecule has 2 heterocycles. The quantitative estimate of drug-likeness (QED) is 0.442. The van der Waals surface area contributed by atoms with E-state index in [2.05, 4.69) is 0 Å². The first-order valence-corrected chi connectivity index (χ1v) is 8.10. The van der Waals surface area contributed by atoms with Crippen molar-refractivity contribution in [3.63, 3.8) is 0 Å². The first-order valence-electron chi connectivity index (χ1n) is 8.10. The molecule has 0 bridgehead atoms. The third-order valence-corrected chi connectivity index (χ3v) is 4.33. The van der Waals surface area contributed by atoms with Crippen molar-refractivity contribution in [2.24, 2.45) is 0 Å². The zero-order valence-corrected chi connectivity index (χ0v) is 14.5. The molecule has 5 atom stereocenters. The molecule has 3 rings (SSSR count). The van der Waals surface area contributed by atoms with Gasteiger partial charge in [0.05, 0.1) is 13.7 Å². The van der Waals surface area contributed by atoms with Crippen molar-refractivity contribution in [3.8, 4) is 17.2 Å². The minimum Gasteiger partial charge on any atom is -0.507 e. The van der Waals surface area contributed by atoms with Crippen LogP contribution in [0.5, 0.6) is 17.2 Å². The van der Waals surface area contributed by atoms with Crippen molar-refractivity contribution in [2.75, 3.05) is 13.7 Å². The lowest BCUT2D eigenvalue weighted by molar-refractivity contribution is -0.277. The van der Waals surface area contributed by atoms with Gasteiger partial charge < -0.3 is 44.2 Å². The summed E-state index contributed by atoms with van der Waals surface area (Å²) in [6, 6.07) is 2.32. The highest BCUT2D eigenvalue weighted by Gasteiger charge is 2.45. The lowest BCUT2D eigenvalue weighted by Crippen LogP contribution is -2.60. The van der Waals surface area contributed by atoms with E-state index in [1.165, 1.54) is 20.1 Å².